The van der Waals surface area contributed by atoms with Gasteiger partial charge in [-0.05, 0) is 37.6 Å². The number of amides is 1. The van der Waals surface area contributed by atoms with Crippen molar-refractivity contribution in [3.05, 3.63) is 42.7 Å². The van der Waals surface area contributed by atoms with E-state index < -0.39 is 0 Å². The van der Waals surface area contributed by atoms with E-state index in [9.17, 15) is 4.79 Å². The van der Waals surface area contributed by atoms with E-state index in [0.717, 1.165) is 30.6 Å². The summed E-state index contributed by atoms with van der Waals surface area (Å²) in [5, 5.41) is 7.14. The molecule has 106 valence electrons. The number of hydrogen-bond donors (Lipinski definition) is 2. The Kier molecular flexibility index (Phi) is 5.32. The summed E-state index contributed by atoms with van der Waals surface area (Å²) in [6, 6.07) is 9.49. The average Bonchev–Trinajstić information content (AvgIpc) is 2.98. The number of anilines is 1. The highest BCUT2D eigenvalue weighted by atomic mass is 16.1. The molecule has 0 aliphatic carbocycles. The van der Waals surface area contributed by atoms with Gasteiger partial charge in [-0.3, -0.25) is 4.79 Å². The third kappa shape index (κ3) is 3.93. The van der Waals surface area contributed by atoms with Gasteiger partial charge in [0.05, 0.1) is 11.4 Å². The summed E-state index contributed by atoms with van der Waals surface area (Å²) in [6.45, 7) is 0.684. The highest BCUT2D eigenvalue weighted by Crippen LogP contribution is 2.19. The number of hydrogen-bond acceptors (Lipinski definition) is 3. The number of benzene rings is 1. The maximum Gasteiger partial charge on any atom is 0.224 e. The quantitative estimate of drug-likeness (QED) is 0.760. The number of aromatic nitrogens is 2. The minimum atomic E-state index is 0.0293. The second kappa shape index (κ2) is 7.45. The van der Waals surface area contributed by atoms with Gasteiger partial charge in [-0.1, -0.05) is 18.6 Å². The van der Waals surface area contributed by atoms with E-state index in [4.69, 9.17) is 5.73 Å². The highest BCUT2D eigenvalue weighted by molar-refractivity contribution is 5.92. The monoisotopic (exact) mass is 272 g/mol. The Morgan fingerprint density at radius 2 is 2.05 bits per heavy atom. The maximum atomic E-state index is 11.9. The fourth-order valence-electron chi connectivity index (χ4n) is 2.01. The molecule has 0 atom stereocenters. The lowest BCUT2D eigenvalue weighted by Gasteiger charge is -2.10. The van der Waals surface area contributed by atoms with Crippen molar-refractivity contribution in [3.63, 3.8) is 0 Å². The Bertz CT molecular complexity index is 537. The van der Waals surface area contributed by atoms with Crippen molar-refractivity contribution < 1.29 is 4.79 Å². The number of rotatable bonds is 7. The van der Waals surface area contributed by atoms with Gasteiger partial charge in [-0.15, -0.1) is 0 Å². The molecule has 2 rings (SSSR count). The topological polar surface area (TPSA) is 72.9 Å². The molecule has 1 amide bonds. The Hall–Kier alpha value is -2.14. The molecule has 5 heteroatoms. The average molecular weight is 272 g/mol. The van der Waals surface area contributed by atoms with Crippen LogP contribution in [0.4, 0.5) is 5.69 Å². The summed E-state index contributed by atoms with van der Waals surface area (Å²) in [4.78, 5) is 11.9. The van der Waals surface area contributed by atoms with Crippen LogP contribution in [0.1, 0.15) is 25.7 Å². The van der Waals surface area contributed by atoms with E-state index in [-0.39, 0.29) is 5.91 Å². The summed E-state index contributed by atoms with van der Waals surface area (Å²) in [6.07, 6.45) is 6.92. The van der Waals surface area contributed by atoms with E-state index >= 15 is 0 Å². The van der Waals surface area contributed by atoms with E-state index in [1.165, 1.54) is 0 Å². The number of carbonyl (C=O) groups excluding carboxylic acids is 1. The van der Waals surface area contributed by atoms with E-state index in [2.05, 4.69) is 10.4 Å². The molecule has 0 aliphatic rings. The number of nitrogens with zero attached hydrogens (tertiary/aromatic N) is 2. The van der Waals surface area contributed by atoms with Crippen molar-refractivity contribution in [2.24, 2.45) is 5.73 Å². The Morgan fingerprint density at radius 1 is 1.20 bits per heavy atom. The van der Waals surface area contributed by atoms with Crippen LogP contribution in [0, 0.1) is 0 Å². The van der Waals surface area contributed by atoms with Gasteiger partial charge in [0.1, 0.15) is 0 Å². The molecule has 0 bridgehead atoms. The van der Waals surface area contributed by atoms with E-state index in [0.29, 0.717) is 13.0 Å². The van der Waals surface area contributed by atoms with Crippen LogP contribution < -0.4 is 11.1 Å². The maximum absolute atomic E-state index is 11.9. The van der Waals surface area contributed by atoms with Crippen molar-refractivity contribution in [1.29, 1.82) is 0 Å². The summed E-state index contributed by atoms with van der Waals surface area (Å²) in [5.41, 5.74) is 7.08. The lowest BCUT2D eigenvalue weighted by molar-refractivity contribution is -0.116. The van der Waals surface area contributed by atoms with Crippen LogP contribution >= 0.6 is 0 Å². The van der Waals surface area contributed by atoms with Crippen molar-refractivity contribution in [2.75, 3.05) is 11.9 Å². The first-order valence-corrected chi connectivity index (χ1v) is 6.90. The fourth-order valence-corrected chi connectivity index (χ4v) is 2.01. The van der Waals surface area contributed by atoms with Crippen LogP contribution in [-0.4, -0.2) is 22.2 Å². The number of unbranched alkanes of at least 4 members (excludes halogenated alkanes) is 2. The molecule has 0 unspecified atom stereocenters. The molecule has 0 fully saturated rings. The van der Waals surface area contributed by atoms with Crippen molar-refractivity contribution in [2.45, 2.75) is 25.7 Å². The highest BCUT2D eigenvalue weighted by Gasteiger charge is 2.07. The van der Waals surface area contributed by atoms with Crippen LogP contribution in [0.5, 0.6) is 0 Å². The van der Waals surface area contributed by atoms with Gasteiger partial charge in [-0.2, -0.15) is 5.10 Å². The molecule has 1 aromatic carbocycles. The van der Waals surface area contributed by atoms with E-state index in [1.54, 1.807) is 10.9 Å². The number of nitrogens with one attached hydrogen (secondary N) is 1. The van der Waals surface area contributed by atoms with Crippen molar-refractivity contribution in [1.82, 2.24) is 9.78 Å². The van der Waals surface area contributed by atoms with Crippen molar-refractivity contribution in [3.8, 4) is 5.69 Å². The second-order valence-corrected chi connectivity index (χ2v) is 4.62. The van der Waals surface area contributed by atoms with Gasteiger partial charge in [0, 0.05) is 18.8 Å². The molecule has 2 aromatic rings. The molecule has 0 saturated heterocycles. The molecule has 20 heavy (non-hydrogen) atoms. The second-order valence-electron chi connectivity index (χ2n) is 4.62. The zero-order valence-electron chi connectivity index (χ0n) is 11.5. The van der Waals surface area contributed by atoms with Gasteiger partial charge in [0.25, 0.3) is 0 Å². The number of para-hydroxylation sites is 2. The normalized spacial score (nSPS) is 10.4. The molecule has 1 heterocycles. The van der Waals surface area contributed by atoms with Crippen LogP contribution in [0.2, 0.25) is 0 Å². The van der Waals surface area contributed by atoms with Crippen molar-refractivity contribution >= 4 is 11.6 Å². The lowest BCUT2D eigenvalue weighted by Crippen LogP contribution is -2.13. The first kappa shape index (κ1) is 14.3. The molecule has 5 nitrogen and oxygen atoms in total. The van der Waals surface area contributed by atoms with Gasteiger partial charge in [-0.25, -0.2) is 4.68 Å². The molecule has 0 radical (unpaired) electrons. The largest absolute Gasteiger partial charge is 0.330 e. The Morgan fingerprint density at radius 3 is 2.80 bits per heavy atom. The van der Waals surface area contributed by atoms with Crippen LogP contribution in [0.25, 0.3) is 5.69 Å². The third-order valence-electron chi connectivity index (χ3n) is 3.04. The molecule has 1 aromatic heterocycles. The predicted octanol–water partition coefficient (Wildman–Crippen LogP) is 2.33. The first-order chi connectivity index (χ1) is 9.81. The van der Waals surface area contributed by atoms with Gasteiger partial charge in [0.15, 0.2) is 0 Å². The summed E-state index contributed by atoms with van der Waals surface area (Å²) in [5.74, 6) is 0.0293. The fraction of sp³-hybridized carbons (Fsp3) is 0.333. The molecule has 0 saturated carbocycles. The van der Waals surface area contributed by atoms with Gasteiger partial charge in [0.2, 0.25) is 5.91 Å². The Labute approximate surface area is 118 Å². The SMILES string of the molecule is NCCCCCC(=O)Nc1ccccc1-n1cccn1. The predicted molar refractivity (Wildman–Crippen MR) is 79.7 cm³/mol. The molecular formula is C15H20N4O. The number of carbonyl (C=O) groups is 1. The van der Waals surface area contributed by atoms with Crippen LogP contribution in [-0.2, 0) is 4.79 Å². The lowest BCUT2D eigenvalue weighted by atomic mass is 10.2. The molecule has 0 aliphatic heterocycles. The number of nitrogens with two attached hydrogens (primary N) is 1. The third-order valence-corrected chi connectivity index (χ3v) is 3.04. The summed E-state index contributed by atoms with van der Waals surface area (Å²) in [7, 11) is 0. The van der Waals surface area contributed by atoms with Gasteiger partial charge < -0.3 is 11.1 Å². The minimum Gasteiger partial charge on any atom is -0.330 e. The minimum absolute atomic E-state index is 0.0293. The zero-order valence-corrected chi connectivity index (χ0v) is 11.5. The van der Waals surface area contributed by atoms with Crippen LogP contribution in [0.3, 0.4) is 0 Å². The molecular weight excluding hydrogens is 252 g/mol. The first-order valence-electron chi connectivity index (χ1n) is 6.90. The zero-order chi connectivity index (χ0) is 14.2. The molecule has 0 spiro atoms. The summed E-state index contributed by atoms with van der Waals surface area (Å²) < 4.78 is 1.74. The smallest absolute Gasteiger partial charge is 0.224 e. The Balaban J connectivity index is 1.97. The van der Waals surface area contributed by atoms with Crippen LogP contribution in [0.15, 0.2) is 42.7 Å². The summed E-state index contributed by atoms with van der Waals surface area (Å²) >= 11 is 0. The van der Waals surface area contributed by atoms with Gasteiger partial charge >= 0.3 is 0 Å². The standard InChI is InChI=1S/C15H20N4O/c16-10-5-1-2-9-15(20)18-13-7-3-4-8-14(13)19-12-6-11-17-19/h3-4,6-8,11-12H,1-2,5,9-10,16H2,(H,18,20). The van der Waals surface area contributed by atoms with E-state index in [1.807, 2.05) is 36.5 Å². The molecule has 3 N–H and O–H groups in total.